The topological polar surface area (TPSA) is 31.6 Å². The van der Waals surface area contributed by atoms with Crippen LogP contribution in [0.3, 0.4) is 0 Å². The molecule has 1 aliphatic rings. The molecule has 3 heteroatoms. The largest absolute Gasteiger partial charge is 0.361 e. The molecule has 0 saturated carbocycles. The lowest BCUT2D eigenvalue weighted by atomic mass is 9.75. The molecule has 2 heterocycles. The number of aromatic amines is 2. The molecule has 7 rings (SSSR count). The maximum absolute atomic E-state index is 15.4. The summed E-state index contributed by atoms with van der Waals surface area (Å²) in [7, 11) is 0. The molecule has 3 atom stereocenters. The number of nitrogens with one attached hydrogen (secondary N) is 2. The third kappa shape index (κ3) is 2.73. The standard InChI is InChI=1S/C31H23FN2/c32-24-15-7-4-13-21(24)28-27(19-10-2-1-3-11-19)30(23-18-33-25-16-8-5-12-20(23)25)31-29(28)22-14-6-9-17-26(22)34-31/h1-18,27-28,30,33-34H/t27-,28-,30+/m0/s1. The first-order valence-corrected chi connectivity index (χ1v) is 11.8. The van der Waals surface area contributed by atoms with Crippen LogP contribution in [-0.4, -0.2) is 9.97 Å². The number of fused-ring (bicyclic) bond motifs is 4. The maximum Gasteiger partial charge on any atom is 0.127 e. The average Bonchev–Trinajstić information content (AvgIpc) is 3.55. The molecule has 2 nitrogen and oxygen atoms in total. The van der Waals surface area contributed by atoms with Crippen LogP contribution in [0, 0.1) is 5.82 Å². The fourth-order valence-corrected chi connectivity index (χ4v) is 6.15. The van der Waals surface area contributed by atoms with Crippen LogP contribution in [0.15, 0.2) is 109 Å². The molecular formula is C31H23FN2. The van der Waals surface area contributed by atoms with Gasteiger partial charge in [0.1, 0.15) is 5.82 Å². The van der Waals surface area contributed by atoms with Gasteiger partial charge in [0.05, 0.1) is 0 Å². The number of para-hydroxylation sites is 2. The van der Waals surface area contributed by atoms with Gasteiger partial charge in [0.25, 0.3) is 0 Å². The smallest absolute Gasteiger partial charge is 0.127 e. The maximum atomic E-state index is 15.4. The first-order chi connectivity index (χ1) is 16.8. The molecule has 0 spiro atoms. The highest BCUT2D eigenvalue weighted by molar-refractivity contribution is 5.90. The Morgan fingerprint density at radius 3 is 2.09 bits per heavy atom. The third-order valence-corrected chi connectivity index (χ3v) is 7.50. The van der Waals surface area contributed by atoms with Crippen molar-refractivity contribution in [1.82, 2.24) is 9.97 Å². The minimum absolute atomic E-state index is 0.0585. The lowest BCUT2D eigenvalue weighted by molar-refractivity contribution is 0.550. The fraction of sp³-hybridized carbons (Fsp3) is 0.0968. The second-order valence-electron chi connectivity index (χ2n) is 9.20. The van der Waals surface area contributed by atoms with E-state index in [-0.39, 0.29) is 23.6 Å². The highest BCUT2D eigenvalue weighted by Gasteiger charge is 2.46. The monoisotopic (exact) mass is 442 g/mol. The Morgan fingerprint density at radius 2 is 1.26 bits per heavy atom. The van der Waals surface area contributed by atoms with Gasteiger partial charge in [-0.2, -0.15) is 0 Å². The molecule has 0 aliphatic heterocycles. The zero-order chi connectivity index (χ0) is 22.6. The Kier molecular flexibility index (Phi) is 4.25. The van der Waals surface area contributed by atoms with Crippen molar-refractivity contribution in [1.29, 1.82) is 0 Å². The molecule has 0 unspecified atom stereocenters. The fourth-order valence-electron chi connectivity index (χ4n) is 6.15. The molecule has 0 bridgehead atoms. The number of halogens is 1. The van der Waals surface area contributed by atoms with Gasteiger partial charge in [0, 0.05) is 51.5 Å². The van der Waals surface area contributed by atoms with Crippen molar-refractivity contribution in [2.24, 2.45) is 0 Å². The van der Waals surface area contributed by atoms with E-state index in [9.17, 15) is 0 Å². The van der Waals surface area contributed by atoms with Crippen molar-refractivity contribution in [3.63, 3.8) is 0 Å². The first kappa shape index (κ1) is 19.4. The van der Waals surface area contributed by atoms with Crippen molar-refractivity contribution in [3.05, 3.63) is 143 Å². The van der Waals surface area contributed by atoms with Crippen LogP contribution in [0.4, 0.5) is 4.39 Å². The number of hydrogen-bond donors (Lipinski definition) is 2. The van der Waals surface area contributed by atoms with E-state index in [4.69, 9.17) is 0 Å². The summed E-state index contributed by atoms with van der Waals surface area (Å²) in [6, 6.07) is 34.7. The Labute approximate surface area is 197 Å². The van der Waals surface area contributed by atoms with E-state index in [1.807, 2.05) is 18.2 Å². The van der Waals surface area contributed by atoms with E-state index < -0.39 is 0 Å². The van der Waals surface area contributed by atoms with E-state index in [1.165, 1.54) is 33.2 Å². The normalized spacial score (nSPS) is 19.6. The van der Waals surface area contributed by atoms with Crippen molar-refractivity contribution in [2.45, 2.75) is 17.8 Å². The summed E-state index contributed by atoms with van der Waals surface area (Å²) in [5.74, 6) is -0.133. The minimum Gasteiger partial charge on any atom is -0.361 e. The summed E-state index contributed by atoms with van der Waals surface area (Å²) < 4.78 is 15.4. The molecule has 4 aromatic carbocycles. The van der Waals surface area contributed by atoms with E-state index in [0.29, 0.717) is 0 Å². The Balaban J connectivity index is 1.58. The molecule has 6 aromatic rings. The lowest BCUT2D eigenvalue weighted by Gasteiger charge is -2.27. The van der Waals surface area contributed by atoms with Crippen LogP contribution in [-0.2, 0) is 0 Å². The second kappa shape index (κ2) is 7.46. The molecule has 2 aromatic heterocycles. The number of hydrogen-bond acceptors (Lipinski definition) is 0. The third-order valence-electron chi connectivity index (χ3n) is 7.50. The van der Waals surface area contributed by atoms with Crippen molar-refractivity contribution < 1.29 is 4.39 Å². The zero-order valence-corrected chi connectivity index (χ0v) is 18.5. The SMILES string of the molecule is Fc1ccccc1[C@@H]1c2c([nH]c3ccccc23)[C@H](c2c[nH]c3ccccc23)[C@H]1c1ccccc1. The van der Waals surface area contributed by atoms with Crippen molar-refractivity contribution in [2.75, 3.05) is 0 Å². The summed E-state index contributed by atoms with van der Waals surface area (Å²) in [5, 5.41) is 2.39. The molecule has 0 fully saturated rings. The molecular weight excluding hydrogens is 419 g/mol. The van der Waals surface area contributed by atoms with E-state index in [1.54, 1.807) is 12.1 Å². The summed E-state index contributed by atoms with van der Waals surface area (Å²) in [5.41, 5.74) is 7.85. The van der Waals surface area contributed by atoms with Crippen LogP contribution >= 0.6 is 0 Å². The molecule has 1 aliphatic carbocycles. The van der Waals surface area contributed by atoms with Gasteiger partial charge < -0.3 is 9.97 Å². The molecule has 164 valence electrons. The molecule has 2 N–H and O–H groups in total. The van der Waals surface area contributed by atoms with Crippen molar-refractivity contribution in [3.8, 4) is 0 Å². The molecule has 0 saturated heterocycles. The lowest BCUT2D eigenvalue weighted by Crippen LogP contribution is -2.15. The van der Waals surface area contributed by atoms with Gasteiger partial charge in [-0.05, 0) is 40.5 Å². The van der Waals surface area contributed by atoms with E-state index >= 15 is 4.39 Å². The predicted octanol–water partition coefficient (Wildman–Crippen LogP) is 7.85. The quantitative estimate of drug-likeness (QED) is 0.280. The van der Waals surface area contributed by atoms with Gasteiger partial charge in [0.2, 0.25) is 0 Å². The van der Waals surface area contributed by atoms with Crippen molar-refractivity contribution >= 4 is 21.8 Å². The van der Waals surface area contributed by atoms with Gasteiger partial charge in [-0.15, -0.1) is 0 Å². The summed E-state index contributed by atoms with van der Waals surface area (Å²) in [6.45, 7) is 0. The van der Waals surface area contributed by atoms with Crippen LogP contribution in [0.25, 0.3) is 21.8 Å². The molecule has 0 radical (unpaired) electrons. The predicted molar refractivity (Wildman–Crippen MR) is 136 cm³/mol. The van der Waals surface area contributed by atoms with Crippen LogP contribution < -0.4 is 0 Å². The summed E-state index contributed by atoms with van der Waals surface area (Å²) in [4.78, 5) is 7.24. The second-order valence-corrected chi connectivity index (χ2v) is 9.20. The van der Waals surface area contributed by atoms with Gasteiger partial charge in [-0.3, -0.25) is 0 Å². The highest BCUT2D eigenvalue weighted by Crippen LogP contribution is 2.59. The van der Waals surface area contributed by atoms with Gasteiger partial charge >= 0.3 is 0 Å². The first-order valence-electron chi connectivity index (χ1n) is 11.8. The highest BCUT2D eigenvalue weighted by atomic mass is 19.1. The number of H-pyrrole nitrogens is 2. The van der Waals surface area contributed by atoms with E-state index in [0.717, 1.165) is 16.6 Å². The van der Waals surface area contributed by atoms with E-state index in [2.05, 4.69) is 89.0 Å². The van der Waals surface area contributed by atoms with Gasteiger partial charge in [0.15, 0.2) is 0 Å². The van der Waals surface area contributed by atoms with Crippen LogP contribution in [0.1, 0.15) is 45.7 Å². The Morgan fingerprint density at radius 1 is 0.588 bits per heavy atom. The Bertz CT molecular complexity index is 1640. The number of aromatic nitrogens is 2. The summed E-state index contributed by atoms with van der Waals surface area (Å²) in [6.07, 6.45) is 2.14. The number of rotatable bonds is 3. The molecule has 34 heavy (non-hydrogen) atoms. The Hall–Kier alpha value is -4.11. The van der Waals surface area contributed by atoms with Gasteiger partial charge in [-0.25, -0.2) is 4.39 Å². The van der Waals surface area contributed by atoms with Crippen LogP contribution in [0.5, 0.6) is 0 Å². The minimum atomic E-state index is -0.149. The molecule has 0 amide bonds. The number of benzene rings is 4. The summed E-state index contributed by atoms with van der Waals surface area (Å²) >= 11 is 0. The zero-order valence-electron chi connectivity index (χ0n) is 18.5. The van der Waals surface area contributed by atoms with Crippen LogP contribution in [0.2, 0.25) is 0 Å². The average molecular weight is 443 g/mol. The van der Waals surface area contributed by atoms with Gasteiger partial charge in [-0.1, -0.05) is 84.9 Å².